The van der Waals surface area contributed by atoms with Crippen LogP contribution in [0.3, 0.4) is 0 Å². The van der Waals surface area contributed by atoms with Crippen molar-refractivity contribution in [1.82, 2.24) is 0 Å². The maximum Gasteiger partial charge on any atom is 0.200 e. The fourth-order valence-electron chi connectivity index (χ4n) is 4.20. The average molecular weight is 389 g/mol. The van der Waals surface area contributed by atoms with Crippen LogP contribution in [0.15, 0.2) is 89.1 Å². The molecule has 3 atom stereocenters. The van der Waals surface area contributed by atoms with Crippen LogP contribution in [-0.2, 0) is 0 Å². The van der Waals surface area contributed by atoms with Gasteiger partial charge in [0, 0.05) is 10.9 Å². The predicted octanol–water partition coefficient (Wildman–Crippen LogP) is 5.64. The van der Waals surface area contributed by atoms with Gasteiger partial charge in [0.05, 0.1) is 12.1 Å². The van der Waals surface area contributed by atoms with E-state index in [9.17, 15) is 4.79 Å². The van der Waals surface area contributed by atoms with Gasteiger partial charge in [0.15, 0.2) is 11.6 Å². The number of hydrogen-bond donors (Lipinski definition) is 0. The summed E-state index contributed by atoms with van der Waals surface area (Å²) in [6, 6.07) is 24.7. The Morgan fingerprint density at radius 2 is 1.61 bits per heavy atom. The fraction of sp³-hybridized carbons (Fsp3) is 0.174. The third-order valence-electron chi connectivity index (χ3n) is 5.55. The molecule has 3 aromatic rings. The summed E-state index contributed by atoms with van der Waals surface area (Å²) in [6.07, 6.45) is -0.553. The maximum absolute atomic E-state index is 13.8. The Morgan fingerprint density at radius 3 is 2.39 bits per heavy atom. The van der Waals surface area contributed by atoms with E-state index in [0.29, 0.717) is 22.9 Å². The van der Waals surface area contributed by atoms with Crippen LogP contribution in [-0.4, -0.2) is 17.9 Å². The van der Waals surface area contributed by atoms with Crippen molar-refractivity contribution in [2.45, 2.75) is 17.6 Å². The molecule has 0 aliphatic carbocycles. The number of hydrogen-bond acceptors (Lipinski definition) is 4. The minimum absolute atomic E-state index is 0.0515. The monoisotopic (exact) mass is 388 g/mol. The number of azo groups is 1. The molecule has 0 unspecified atom stereocenters. The van der Waals surface area contributed by atoms with Gasteiger partial charge in [-0.05, 0) is 35.4 Å². The molecule has 0 amide bonds. The van der Waals surface area contributed by atoms with Crippen LogP contribution in [0.2, 0.25) is 5.02 Å². The van der Waals surface area contributed by atoms with Gasteiger partial charge in [-0.1, -0.05) is 66.2 Å². The van der Waals surface area contributed by atoms with Crippen LogP contribution in [0, 0.1) is 0 Å². The molecule has 138 valence electrons. The van der Waals surface area contributed by atoms with Crippen LogP contribution >= 0.6 is 11.6 Å². The number of rotatable bonds is 2. The molecule has 0 aromatic heterocycles. The number of ketones is 1. The number of carbonyl (C=O) groups is 1. The number of Topliss-reactive ketones (excluding diaryl/α,β-unsaturated/α-hetero) is 1. The van der Waals surface area contributed by atoms with Gasteiger partial charge >= 0.3 is 0 Å². The fourth-order valence-corrected chi connectivity index (χ4v) is 4.33. The highest BCUT2D eigenvalue weighted by molar-refractivity contribution is 6.30. The molecular weight excluding hydrogens is 372 g/mol. The highest BCUT2D eigenvalue weighted by atomic mass is 35.5. The zero-order valence-corrected chi connectivity index (χ0v) is 15.7. The molecule has 0 saturated heterocycles. The first-order chi connectivity index (χ1) is 13.7. The lowest BCUT2D eigenvalue weighted by Gasteiger charge is -2.41. The van der Waals surface area contributed by atoms with Crippen molar-refractivity contribution >= 4 is 17.4 Å². The summed E-state index contributed by atoms with van der Waals surface area (Å²) >= 11 is 6.08. The molecule has 0 N–H and O–H groups in total. The van der Waals surface area contributed by atoms with Gasteiger partial charge in [-0.15, -0.1) is 0 Å². The van der Waals surface area contributed by atoms with Crippen molar-refractivity contribution in [2.75, 3.05) is 6.54 Å². The quantitative estimate of drug-likeness (QED) is 0.570. The van der Waals surface area contributed by atoms with Crippen LogP contribution in [0.4, 0.5) is 0 Å². The lowest BCUT2D eigenvalue weighted by molar-refractivity contribution is 0.0521. The summed E-state index contributed by atoms with van der Waals surface area (Å²) in [7, 11) is 0. The highest BCUT2D eigenvalue weighted by Gasteiger charge is 2.60. The first-order valence-corrected chi connectivity index (χ1v) is 9.57. The Balaban J connectivity index is 1.72. The van der Waals surface area contributed by atoms with E-state index >= 15 is 0 Å². The Morgan fingerprint density at radius 1 is 0.893 bits per heavy atom. The summed E-state index contributed by atoms with van der Waals surface area (Å²) in [4.78, 5) is 13.8. The zero-order chi connectivity index (χ0) is 19.1. The highest BCUT2D eigenvalue weighted by Crippen LogP contribution is 2.52. The molecule has 0 saturated carbocycles. The lowest BCUT2D eigenvalue weighted by Crippen LogP contribution is -2.51. The van der Waals surface area contributed by atoms with E-state index in [0.717, 1.165) is 11.1 Å². The van der Waals surface area contributed by atoms with E-state index in [1.165, 1.54) is 0 Å². The van der Waals surface area contributed by atoms with Crippen LogP contribution in [0.5, 0.6) is 5.75 Å². The van der Waals surface area contributed by atoms with Gasteiger partial charge < -0.3 is 4.74 Å². The minimum Gasteiger partial charge on any atom is -0.482 e. The second-order valence-electron chi connectivity index (χ2n) is 7.09. The van der Waals surface area contributed by atoms with E-state index in [2.05, 4.69) is 10.2 Å². The molecule has 2 aliphatic heterocycles. The number of carbonyl (C=O) groups excluding carboxylic acids is 1. The average Bonchev–Trinajstić information content (AvgIpc) is 3.17. The summed E-state index contributed by atoms with van der Waals surface area (Å²) in [5.41, 5.74) is 1.30. The van der Waals surface area contributed by atoms with Crippen LogP contribution in [0.1, 0.15) is 33.5 Å². The first-order valence-electron chi connectivity index (χ1n) is 9.20. The SMILES string of the molecule is O=C1c2ccccc2O[C@@H](c2ccccc2)[C@]12N=NC[C@H]2c1ccc(Cl)cc1. The second kappa shape index (κ2) is 6.57. The van der Waals surface area contributed by atoms with Gasteiger partial charge in [0.25, 0.3) is 0 Å². The minimum atomic E-state index is -1.14. The third kappa shape index (κ3) is 2.49. The zero-order valence-electron chi connectivity index (χ0n) is 15.0. The maximum atomic E-state index is 13.8. The Labute approximate surface area is 167 Å². The number of fused-ring (bicyclic) bond motifs is 1. The Hall–Kier alpha value is -2.98. The number of benzene rings is 3. The van der Waals surface area contributed by atoms with Crippen LogP contribution in [0.25, 0.3) is 0 Å². The molecule has 28 heavy (non-hydrogen) atoms. The van der Waals surface area contributed by atoms with Gasteiger partial charge in [0.1, 0.15) is 5.75 Å². The first kappa shape index (κ1) is 17.1. The predicted molar refractivity (Wildman–Crippen MR) is 107 cm³/mol. The molecule has 1 spiro atoms. The molecule has 0 fully saturated rings. The van der Waals surface area contributed by atoms with Crippen molar-refractivity contribution in [3.8, 4) is 5.75 Å². The van der Waals surface area contributed by atoms with E-state index in [-0.39, 0.29) is 11.7 Å². The molecule has 5 heteroatoms. The summed E-state index contributed by atoms with van der Waals surface area (Å²) in [5.74, 6) is 0.309. The smallest absolute Gasteiger partial charge is 0.200 e. The molecule has 5 rings (SSSR count). The van der Waals surface area contributed by atoms with Crippen LogP contribution < -0.4 is 4.74 Å². The van der Waals surface area contributed by atoms with E-state index in [1.807, 2.05) is 72.8 Å². The van der Waals surface area contributed by atoms with E-state index < -0.39 is 11.6 Å². The standard InChI is InChI=1S/C23H17ClN2O2/c24-17-12-10-15(11-13-17)19-14-25-26-23(19)21(27)18-8-4-5-9-20(18)28-22(23)16-6-2-1-3-7-16/h1-13,19,22H,14H2/t19-,22-,23+/m0/s1. The van der Waals surface area contributed by atoms with Gasteiger partial charge in [-0.25, -0.2) is 0 Å². The molecule has 4 nitrogen and oxygen atoms in total. The van der Waals surface area contributed by atoms with E-state index in [1.54, 1.807) is 6.07 Å². The molecule has 2 aliphatic rings. The van der Waals surface area contributed by atoms with Crippen molar-refractivity contribution in [1.29, 1.82) is 0 Å². The number of halogens is 1. The molecular formula is C23H17ClN2O2. The number of ether oxygens (including phenoxy) is 1. The molecule has 2 heterocycles. The van der Waals surface area contributed by atoms with E-state index in [4.69, 9.17) is 16.3 Å². The Bertz CT molecular complexity index is 1070. The summed E-state index contributed by atoms with van der Waals surface area (Å²) in [6.45, 7) is 0.433. The number of nitrogens with zero attached hydrogens (tertiary/aromatic N) is 2. The van der Waals surface area contributed by atoms with Crippen molar-refractivity contribution in [3.05, 3.63) is 101 Å². The topological polar surface area (TPSA) is 51.0 Å². The van der Waals surface area contributed by atoms with Gasteiger partial charge in [-0.3, -0.25) is 4.79 Å². The normalized spacial score (nSPS) is 25.5. The van der Waals surface area contributed by atoms with Crippen molar-refractivity contribution in [3.63, 3.8) is 0 Å². The van der Waals surface area contributed by atoms with Crippen molar-refractivity contribution in [2.24, 2.45) is 10.2 Å². The molecule has 0 radical (unpaired) electrons. The van der Waals surface area contributed by atoms with Gasteiger partial charge in [-0.2, -0.15) is 10.2 Å². The number of para-hydroxylation sites is 1. The molecule has 3 aromatic carbocycles. The lowest BCUT2D eigenvalue weighted by atomic mass is 9.69. The van der Waals surface area contributed by atoms with Crippen molar-refractivity contribution < 1.29 is 9.53 Å². The second-order valence-corrected chi connectivity index (χ2v) is 7.52. The van der Waals surface area contributed by atoms with Gasteiger partial charge in [0.2, 0.25) is 5.78 Å². The summed E-state index contributed by atoms with van der Waals surface area (Å²) in [5, 5.41) is 9.55. The third-order valence-corrected chi connectivity index (χ3v) is 5.80. The summed E-state index contributed by atoms with van der Waals surface area (Å²) < 4.78 is 6.40. The Kier molecular flexibility index (Phi) is 4.02. The molecule has 0 bridgehead atoms. The largest absolute Gasteiger partial charge is 0.482 e.